The van der Waals surface area contributed by atoms with Crippen molar-refractivity contribution < 1.29 is 27.4 Å². The van der Waals surface area contributed by atoms with E-state index in [1.807, 2.05) is 0 Å². The summed E-state index contributed by atoms with van der Waals surface area (Å²) >= 11 is 0. The van der Waals surface area contributed by atoms with Crippen LogP contribution in [-0.4, -0.2) is 45.4 Å². The highest BCUT2D eigenvalue weighted by atomic mass is 19.4. The number of rotatable bonds is 4. The Bertz CT molecular complexity index is 1380. The second-order valence-electron chi connectivity index (χ2n) is 7.67. The third-order valence-corrected chi connectivity index (χ3v) is 5.41. The van der Waals surface area contributed by atoms with Crippen LogP contribution in [0.1, 0.15) is 11.1 Å². The fourth-order valence-electron chi connectivity index (χ4n) is 3.72. The van der Waals surface area contributed by atoms with Gasteiger partial charge in [-0.05, 0) is 42.8 Å². The van der Waals surface area contributed by atoms with E-state index in [0.29, 0.717) is 5.56 Å². The molecular weight excluding hydrogens is 471 g/mol. The number of anilines is 2. The summed E-state index contributed by atoms with van der Waals surface area (Å²) in [5.74, 6) is -0.252. The van der Waals surface area contributed by atoms with Crippen LogP contribution < -0.4 is 21.2 Å². The first-order chi connectivity index (χ1) is 16.6. The van der Waals surface area contributed by atoms with Crippen molar-refractivity contribution in [3.63, 3.8) is 0 Å². The van der Waals surface area contributed by atoms with Crippen molar-refractivity contribution in [2.75, 3.05) is 19.0 Å². The maximum Gasteiger partial charge on any atom is 0.573 e. The molecule has 13 heteroatoms. The van der Waals surface area contributed by atoms with Crippen LogP contribution in [0, 0.1) is 0 Å². The fraction of sp³-hybridized carbons (Fsp3) is 0.273. The number of carbonyl (C=O) groups is 1. The molecule has 0 bridgehead atoms. The van der Waals surface area contributed by atoms with Crippen molar-refractivity contribution in [2.24, 2.45) is 7.05 Å². The van der Waals surface area contributed by atoms with Gasteiger partial charge in [0.15, 0.2) is 5.82 Å². The molecule has 0 radical (unpaired) electrons. The van der Waals surface area contributed by atoms with Crippen molar-refractivity contribution in [2.45, 2.75) is 19.3 Å². The van der Waals surface area contributed by atoms with E-state index in [9.17, 15) is 27.6 Å². The second kappa shape index (κ2) is 9.16. The van der Waals surface area contributed by atoms with Crippen molar-refractivity contribution >= 4 is 17.6 Å². The zero-order chi connectivity index (χ0) is 25.3. The molecule has 2 aromatic heterocycles. The summed E-state index contributed by atoms with van der Waals surface area (Å²) in [4.78, 5) is 39.3. The SMILES string of the molecule is COC(=O)N1CCc2c(Nc3cccn(C)c3=O)nn(-c3ccc(OC(F)(F)F)cc3)c(=O)c2C1. The minimum absolute atomic E-state index is 0.0693. The predicted molar refractivity (Wildman–Crippen MR) is 118 cm³/mol. The molecule has 184 valence electrons. The molecule has 0 saturated heterocycles. The number of ether oxygens (including phenoxy) is 2. The monoisotopic (exact) mass is 491 g/mol. The molecule has 0 atom stereocenters. The Hall–Kier alpha value is -4.29. The first-order valence-corrected chi connectivity index (χ1v) is 10.3. The lowest BCUT2D eigenvalue weighted by molar-refractivity contribution is -0.274. The highest BCUT2D eigenvalue weighted by Gasteiger charge is 2.31. The Labute approximate surface area is 196 Å². The fourth-order valence-corrected chi connectivity index (χ4v) is 3.72. The molecule has 1 aromatic carbocycles. The number of pyridine rings is 1. The van der Waals surface area contributed by atoms with E-state index in [1.54, 1.807) is 25.4 Å². The average molecular weight is 491 g/mol. The topological polar surface area (TPSA) is 108 Å². The number of alkyl halides is 3. The smallest absolute Gasteiger partial charge is 0.453 e. The van der Waals surface area contributed by atoms with Crippen LogP contribution in [0.25, 0.3) is 5.69 Å². The van der Waals surface area contributed by atoms with Gasteiger partial charge < -0.3 is 24.3 Å². The number of fused-ring (bicyclic) bond motifs is 1. The third-order valence-electron chi connectivity index (χ3n) is 5.41. The molecule has 1 N–H and O–H groups in total. The van der Waals surface area contributed by atoms with E-state index in [-0.39, 0.29) is 47.8 Å². The second-order valence-corrected chi connectivity index (χ2v) is 7.67. The molecule has 3 aromatic rings. The number of methoxy groups -OCH3 is 1. The minimum atomic E-state index is -4.86. The van der Waals surface area contributed by atoms with Gasteiger partial charge in [-0.15, -0.1) is 18.3 Å². The van der Waals surface area contributed by atoms with Crippen molar-refractivity contribution in [3.8, 4) is 11.4 Å². The quantitative estimate of drug-likeness (QED) is 0.598. The van der Waals surface area contributed by atoms with E-state index in [1.165, 1.54) is 28.7 Å². The first kappa shape index (κ1) is 23.9. The Morgan fingerprint density at radius 1 is 1.09 bits per heavy atom. The molecule has 0 saturated carbocycles. The van der Waals surface area contributed by atoms with Crippen molar-refractivity contribution in [1.82, 2.24) is 19.2 Å². The number of carbonyl (C=O) groups excluding carboxylic acids is 1. The van der Waals surface area contributed by atoms with Crippen LogP contribution >= 0.6 is 0 Å². The number of nitrogens with zero attached hydrogens (tertiary/aromatic N) is 4. The van der Waals surface area contributed by atoms with Gasteiger partial charge in [-0.1, -0.05) is 0 Å². The summed E-state index contributed by atoms with van der Waals surface area (Å²) < 4.78 is 48.5. The number of hydrogen-bond acceptors (Lipinski definition) is 7. The summed E-state index contributed by atoms with van der Waals surface area (Å²) in [6.07, 6.45) is -3.63. The van der Waals surface area contributed by atoms with Crippen molar-refractivity contribution in [1.29, 1.82) is 0 Å². The van der Waals surface area contributed by atoms with Crippen LogP contribution in [0.3, 0.4) is 0 Å². The normalized spacial score (nSPS) is 13.2. The minimum Gasteiger partial charge on any atom is -0.453 e. The number of benzene rings is 1. The van der Waals surface area contributed by atoms with E-state index in [4.69, 9.17) is 4.74 Å². The van der Waals surface area contributed by atoms with Crippen LogP contribution in [0.2, 0.25) is 0 Å². The number of hydrogen-bond donors (Lipinski definition) is 1. The molecule has 1 aliphatic heterocycles. The molecule has 0 fully saturated rings. The maximum atomic E-state index is 13.3. The van der Waals surface area contributed by atoms with Crippen LogP contribution in [0.4, 0.5) is 29.5 Å². The summed E-state index contributed by atoms with van der Waals surface area (Å²) in [5.41, 5.74) is 0.230. The molecule has 3 heterocycles. The van der Waals surface area contributed by atoms with E-state index >= 15 is 0 Å². The molecule has 1 aliphatic rings. The summed E-state index contributed by atoms with van der Waals surface area (Å²) in [6, 6.07) is 7.81. The zero-order valence-corrected chi connectivity index (χ0v) is 18.6. The molecule has 4 rings (SSSR count). The zero-order valence-electron chi connectivity index (χ0n) is 18.6. The van der Waals surface area contributed by atoms with E-state index in [0.717, 1.165) is 16.8 Å². The van der Waals surface area contributed by atoms with Gasteiger partial charge in [0.05, 0.1) is 19.3 Å². The lowest BCUT2D eigenvalue weighted by atomic mass is 10.0. The largest absolute Gasteiger partial charge is 0.573 e. The first-order valence-electron chi connectivity index (χ1n) is 10.3. The number of halogens is 3. The molecule has 0 unspecified atom stereocenters. The molecule has 35 heavy (non-hydrogen) atoms. The Kier molecular flexibility index (Phi) is 6.24. The lowest BCUT2D eigenvalue weighted by Gasteiger charge is -2.28. The standard InChI is InChI=1S/C22H20F3N5O5/c1-28-10-3-4-17(20(28)32)26-18-15-9-11-29(21(33)34-2)12-16(15)19(31)30(27-18)13-5-7-14(8-6-13)35-22(23,24)25/h3-8,10H,9,11-12H2,1-2H3,(H,26,27). The number of aromatic nitrogens is 3. The summed E-state index contributed by atoms with van der Waals surface area (Å²) in [7, 11) is 2.81. The highest BCUT2D eigenvalue weighted by molar-refractivity contribution is 5.69. The van der Waals surface area contributed by atoms with Crippen LogP contribution in [0.15, 0.2) is 52.2 Å². The van der Waals surface area contributed by atoms with E-state index < -0.39 is 23.8 Å². The van der Waals surface area contributed by atoms with Gasteiger partial charge in [-0.2, -0.15) is 4.68 Å². The maximum absolute atomic E-state index is 13.3. The van der Waals surface area contributed by atoms with E-state index in [2.05, 4.69) is 15.2 Å². The van der Waals surface area contributed by atoms with Crippen molar-refractivity contribution in [3.05, 3.63) is 74.4 Å². The summed E-state index contributed by atoms with van der Waals surface area (Å²) in [6.45, 7) is 0.190. The Balaban J connectivity index is 1.82. The van der Waals surface area contributed by atoms with Gasteiger partial charge in [-0.25, -0.2) is 4.79 Å². The number of amides is 1. The Morgan fingerprint density at radius 3 is 2.46 bits per heavy atom. The Morgan fingerprint density at radius 2 is 1.80 bits per heavy atom. The number of nitrogens with one attached hydrogen (secondary N) is 1. The highest BCUT2D eigenvalue weighted by Crippen LogP contribution is 2.27. The lowest BCUT2D eigenvalue weighted by Crippen LogP contribution is -2.41. The molecular formula is C22H20F3N5O5. The van der Waals surface area contributed by atoms with Gasteiger partial charge in [0.2, 0.25) is 0 Å². The molecule has 0 aliphatic carbocycles. The number of aryl methyl sites for hydroxylation is 1. The van der Waals surface area contributed by atoms with Crippen LogP contribution in [0.5, 0.6) is 5.75 Å². The predicted octanol–water partition coefficient (Wildman–Crippen LogP) is 2.70. The van der Waals surface area contributed by atoms with Gasteiger partial charge in [0, 0.05) is 30.9 Å². The van der Waals surface area contributed by atoms with Gasteiger partial charge in [-0.3, -0.25) is 9.59 Å². The molecule has 1 amide bonds. The average Bonchev–Trinajstić information content (AvgIpc) is 2.82. The van der Waals surface area contributed by atoms with Gasteiger partial charge in [0.1, 0.15) is 11.4 Å². The van der Waals surface area contributed by atoms with Gasteiger partial charge in [0.25, 0.3) is 11.1 Å². The third kappa shape index (κ3) is 4.98. The molecule has 10 nitrogen and oxygen atoms in total. The van der Waals surface area contributed by atoms with Crippen LogP contribution in [-0.2, 0) is 24.8 Å². The van der Waals surface area contributed by atoms with Gasteiger partial charge >= 0.3 is 12.5 Å². The summed E-state index contributed by atoms with van der Waals surface area (Å²) in [5, 5.41) is 7.33. The molecule has 0 spiro atoms.